The fourth-order valence-electron chi connectivity index (χ4n) is 3.04. The van der Waals surface area contributed by atoms with Crippen molar-refractivity contribution >= 4 is 29.4 Å². The van der Waals surface area contributed by atoms with Gasteiger partial charge in [-0.25, -0.2) is 22.6 Å². The fourth-order valence-corrected chi connectivity index (χ4v) is 3.82. The van der Waals surface area contributed by atoms with Gasteiger partial charge in [0.1, 0.15) is 11.5 Å². The number of amides is 3. The van der Waals surface area contributed by atoms with Crippen LogP contribution in [0.5, 0.6) is 0 Å². The van der Waals surface area contributed by atoms with Crippen LogP contribution in [0.4, 0.5) is 18.0 Å². The first-order valence-corrected chi connectivity index (χ1v) is 10.4. The number of thioether (sulfide) groups is 1. The zero-order valence-corrected chi connectivity index (χ0v) is 17.7. The van der Waals surface area contributed by atoms with Crippen molar-refractivity contribution in [2.45, 2.75) is 23.5 Å². The van der Waals surface area contributed by atoms with Crippen LogP contribution in [0.1, 0.15) is 23.2 Å². The summed E-state index contributed by atoms with van der Waals surface area (Å²) in [7, 11) is 0. The van der Waals surface area contributed by atoms with E-state index in [1.54, 1.807) is 0 Å². The Hall–Kier alpha value is -3.33. The van der Waals surface area contributed by atoms with Crippen molar-refractivity contribution in [2.24, 2.45) is 10.9 Å². The summed E-state index contributed by atoms with van der Waals surface area (Å²) in [5.74, 6) is -1.46. The van der Waals surface area contributed by atoms with E-state index in [1.165, 1.54) is 6.07 Å². The van der Waals surface area contributed by atoms with Gasteiger partial charge in [0, 0.05) is 18.7 Å². The van der Waals surface area contributed by atoms with Gasteiger partial charge < -0.3 is 26.3 Å². The Morgan fingerprint density at radius 1 is 1.36 bits per heavy atom. The van der Waals surface area contributed by atoms with Gasteiger partial charge in [0.05, 0.1) is 18.7 Å². The largest absolute Gasteiger partial charge is 0.411 e. The first-order valence-electron chi connectivity index (χ1n) is 9.43. The van der Waals surface area contributed by atoms with Gasteiger partial charge >= 0.3 is 6.03 Å². The smallest absolute Gasteiger partial charge is 0.315 e. The van der Waals surface area contributed by atoms with Gasteiger partial charge in [-0.15, -0.1) is 0 Å². The number of hydrogen-bond donors (Lipinski definition) is 4. The molecule has 1 fully saturated rings. The Kier molecular flexibility index (Phi) is 7.43. The first kappa shape index (κ1) is 24.3. The molecule has 1 aliphatic rings. The molecule has 1 aromatic carbocycles. The number of oxime groups is 1. The molecule has 33 heavy (non-hydrogen) atoms. The number of nitrogens with two attached hydrogens (primary N) is 1. The minimum absolute atomic E-state index is 0.0477. The highest BCUT2D eigenvalue weighted by Gasteiger charge is 2.49. The monoisotopic (exact) mass is 488 g/mol. The number of nitrogens with zero attached hydrogens (tertiary/aromatic N) is 4. The molecule has 1 aromatic heterocycles. The number of benzene rings is 1. The number of nitrogens with one attached hydrogen (secondary N) is 1. The quantitative estimate of drug-likeness (QED) is 0.133. The van der Waals surface area contributed by atoms with Gasteiger partial charge in [0.2, 0.25) is 0 Å². The highest BCUT2D eigenvalue weighted by atomic mass is 32.2. The predicted molar refractivity (Wildman–Crippen MR) is 108 cm³/mol. The molecule has 2 aromatic rings. The zero-order chi connectivity index (χ0) is 24.2. The number of alkyl halides is 2. The van der Waals surface area contributed by atoms with Crippen molar-refractivity contribution < 1.29 is 37.7 Å². The molecule has 3 rings (SSSR count). The SMILES string of the molecule is NC(=O)N1CC(O)(C(=O)NCCSc2nonc2C(Cc2ccc(F)c(C(F)F)c2)=NO)C1. The van der Waals surface area contributed by atoms with E-state index in [4.69, 9.17) is 5.73 Å². The molecule has 0 unspecified atom stereocenters. The minimum atomic E-state index is -3.01. The van der Waals surface area contributed by atoms with E-state index in [-0.39, 0.29) is 53.8 Å². The van der Waals surface area contributed by atoms with Crippen molar-refractivity contribution in [3.8, 4) is 0 Å². The number of aromatic nitrogens is 2. The summed E-state index contributed by atoms with van der Waals surface area (Å²) in [4.78, 5) is 24.2. The maximum Gasteiger partial charge on any atom is 0.315 e. The number of rotatable bonds is 9. The highest BCUT2D eigenvalue weighted by molar-refractivity contribution is 7.99. The molecule has 5 N–H and O–H groups in total. The van der Waals surface area contributed by atoms with E-state index in [1.807, 2.05) is 0 Å². The van der Waals surface area contributed by atoms with Gasteiger partial charge in [-0.05, 0) is 28.0 Å². The van der Waals surface area contributed by atoms with E-state index in [0.717, 1.165) is 28.8 Å². The summed E-state index contributed by atoms with van der Waals surface area (Å²) < 4.78 is 44.0. The molecule has 0 spiro atoms. The van der Waals surface area contributed by atoms with Crippen LogP contribution in [-0.2, 0) is 11.2 Å². The van der Waals surface area contributed by atoms with Gasteiger partial charge in [0.15, 0.2) is 16.3 Å². The second kappa shape index (κ2) is 10.1. The normalized spacial score (nSPS) is 15.4. The fraction of sp³-hybridized carbons (Fsp3) is 0.389. The summed E-state index contributed by atoms with van der Waals surface area (Å²) >= 11 is 1.08. The van der Waals surface area contributed by atoms with Crippen LogP contribution in [0.3, 0.4) is 0 Å². The number of aliphatic hydroxyl groups is 1. The van der Waals surface area contributed by atoms with Gasteiger partial charge in [-0.2, -0.15) is 0 Å². The predicted octanol–water partition coefficient (Wildman–Crippen LogP) is 0.901. The summed E-state index contributed by atoms with van der Waals surface area (Å²) in [6.07, 6.45) is -3.16. The van der Waals surface area contributed by atoms with Crippen LogP contribution >= 0.6 is 11.8 Å². The Morgan fingerprint density at radius 2 is 2.09 bits per heavy atom. The van der Waals surface area contributed by atoms with E-state index in [9.17, 15) is 33.1 Å². The topological polar surface area (TPSA) is 167 Å². The van der Waals surface area contributed by atoms with Crippen molar-refractivity contribution in [1.29, 1.82) is 0 Å². The molecule has 11 nitrogen and oxygen atoms in total. The minimum Gasteiger partial charge on any atom is -0.411 e. The van der Waals surface area contributed by atoms with E-state index >= 15 is 0 Å². The molecule has 15 heteroatoms. The van der Waals surface area contributed by atoms with Crippen LogP contribution in [0.25, 0.3) is 0 Å². The molecule has 178 valence electrons. The Balaban J connectivity index is 1.55. The summed E-state index contributed by atoms with van der Waals surface area (Å²) in [5.41, 5.74) is 2.83. The maximum atomic E-state index is 13.5. The summed E-state index contributed by atoms with van der Waals surface area (Å²) in [5, 5.41) is 32.7. The molecule has 2 heterocycles. The lowest BCUT2D eigenvalue weighted by Gasteiger charge is -2.43. The number of carbonyl (C=O) groups excluding carboxylic acids is 2. The molecule has 0 saturated carbocycles. The van der Waals surface area contributed by atoms with Crippen LogP contribution in [0.15, 0.2) is 33.0 Å². The van der Waals surface area contributed by atoms with Gasteiger partial charge in [0.25, 0.3) is 12.3 Å². The summed E-state index contributed by atoms with van der Waals surface area (Å²) in [6, 6.07) is 2.39. The van der Waals surface area contributed by atoms with Crippen molar-refractivity contribution in [2.75, 3.05) is 25.4 Å². The van der Waals surface area contributed by atoms with Crippen molar-refractivity contribution in [3.63, 3.8) is 0 Å². The molecular weight excluding hydrogens is 469 g/mol. The van der Waals surface area contributed by atoms with Crippen LogP contribution < -0.4 is 11.1 Å². The van der Waals surface area contributed by atoms with Crippen LogP contribution in [0.2, 0.25) is 0 Å². The lowest BCUT2D eigenvalue weighted by Crippen LogP contribution is -2.70. The Morgan fingerprint density at radius 3 is 2.73 bits per heavy atom. The number of hydrogen-bond acceptors (Lipinski definition) is 9. The average Bonchev–Trinajstić information content (AvgIpc) is 3.21. The van der Waals surface area contributed by atoms with Crippen LogP contribution in [0, 0.1) is 5.82 Å². The molecule has 0 atom stereocenters. The van der Waals surface area contributed by atoms with Crippen molar-refractivity contribution in [3.05, 3.63) is 40.8 Å². The molecule has 0 bridgehead atoms. The van der Waals surface area contributed by atoms with Gasteiger partial charge in [-0.1, -0.05) is 23.0 Å². The summed E-state index contributed by atoms with van der Waals surface area (Å²) in [6.45, 7) is -0.298. The number of carbonyl (C=O) groups is 2. The third-order valence-electron chi connectivity index (χ3n) is 4.79. The lowest BCUT2D eigenvalue weighted by atomic mass is 9.93. The molecule has 3 amide bonds. The first-order chi connectivity index (χ1) is 15.6. The zero-order valence-electron chi connectivity index (χ0n) is 16.9. The third kappa shape index (κ3) is 5.54. The van der Waals surface area contributed by atoms with Gasteiger partial charge in [-0.3, -0.25) is 4.79 Å². The van der Waals surface area contributed by atoms with Crippen molar-refractivity contribution in [1.82, 2.24) is 20.5 Å². The molecule has 0 radical (unpaired) electrons. The third-order valence-corrected chi connectivity index (χ3v) is 5.73. The van der Waals surface area contributed by atoms with E-state index in [0.29, 0.717) is 0 Å². The molecule has 1 saturated heterocycles. The number of β-amino-alcohol motifs (C(OH)–C–C–N with tert-alkyl or cyclic N) is 1. The molecular formula is C18H19F3N6O5S. The average molecular weight is 488 g/mol. The number of primary amides is 1. The molecule has 1 aliphatic heterocycles. The highest BCUT2D eigenvalue weighted by Crippen LogP contribution is 2.25. The van der Waals surface area contributed by atoms with E-state index in [2.05, 4.69) is 25.4 Å². The van der Waals surface area contributed by atoms with E-state index < -0.39 is 35.3 Å². The Bertz CT molecular complexity index is 1060. The second-order valence-electron chi connectivity index (χ2n) is 7.13. The lowest BCUT2D eigenvalue weighted by molar-refractivity contribution is -0.153. The number of urea groups is 1. The Labute approximate surface area is 188 Å². The second-order valence-corrected chi connectivity index (χ2v) is 8.21. The molecule has 0 aliphatic carbocycles. The van der Waals surface area contributed by atoms with Crippen LogP contribution in [-0.4, -0.2) is 74.2 Å². The standard InChI is InChI=1S/C18H19F3N6O5S/c19-11-2-1-9(5-10(11)14(20)21)6-12(24-31)13-15(26-32-25-13)33-4-3-23-16(28)18(30)7-27(8-18)17(22)29/h1-2,5,14,30-31H,3-4,6-8H2,(H2,22,29)(H,23,28). The maximum absolute atomic E-state index is 13.5. The number of likely N-dealkylation sites (tertiary alicyclic amines) is 1. The number of halogens is 3.